The van der Waals surface area contributed by atoms with Crippen LogP contribution in [0.1, 0.15) is 24.6 Å². The van der Waals surface area contributed by atoms with Crippen LogP contribution in [0.5, 0.6) is 0 Å². The normalized spacial score (nSPS) is 20.2. The molecular weight excluding hydrogens is 312 g/mol. The molecule has 0 bridgehead atoms. The SMILES string of the molecule is Cc1nn(C2CCN(C)CC2)cc1-c1ccc(N2CCOCC2)cc1. The molecule has 0 atom stereocenters. The molecule has 25 heavy (non-hydrogen) atoms. The Morgan fingerprint density at radius 3 is 2.36 bits per heavy atom. The lowest BCUT2D eigenvalue weighted by Gasteiger charge is -2.29. The summed E-state index contributed by atoms with van der Waals surface area (Å²) in [6.07, 6.45) is 4.62. The molecule has 134 valence electrons. The Kier molecular flexibility index (Phi) is 4.77. The Morgan fingerprint density at radius 2 is 1.68 bits per heavy atom. The van der Waals surface area contributed by atoms with Gasteiger partial charge in [-0.05, 0) is 57.6 Å². The highest BCUT2D eigenvalue weighted by Gasteiger charge is 2.20. The third kappa shape index (κ3) is 3.58. The first-order valence-electron chi connectivity index (χ1n) is 9.38. The van der Waals surface area contributed by atoms with Crippen LogP contribution in [0.3, 0.4) is 0 Å². The van der Waals surface area contributed by atoms with E-state index in [1.165, 1.54) is 29.7 Å². The van der Waals surface area contributed by atoms with Crippen LogP contribution in [0.15, 0.2) is 30.5 Å². The average molecular weight is 340 g/mol. The van der Waals surface area contributed by atoms with Gasteiger partial charge in [-0.3, -0.25) is 4.68 Å². The van der Waals surface area contributed by atoms with Crippen LogP contribution in [0.2, 0.25) is 0 Å². The Labute approximate surface area is 150 Å². The molecule has 0 unspecified atom stereocenters. The van der Waals surface area contributed by atoms with Crippen molar-refractivity contribution in [1.82, 2.24) is 14.7 Å². The second-order valence-electron chi connectivity index (χ2n) is 7.29. The highest BCUT2D eigenvalue weighted by atomic mass is 16.5. The Bertz CT molecular complexity index is 695. The third-order valence-corrected chi connectivity index (χ3v) is 5.53. The zero-order valence-electron chi connectivity index (χ0n) is 15.3. The van der Waals surface area contributed by atoms with Gasteiger partial charge in [0, 0.05) is 30.5 Å². The van der Waals surface area contributed by atoms with Crippen molar-refractivity contribution in [2.75, 3.05) is 51.3 Å². The molecule has 2 aliphatic rings. The second-order valence-corrected chi connectivity index (χ2v) is 7.29. The van der Waals surface area contributed by atoms with Gasteiger partial charge in [-0.1, -0.05) is 12.1 Å². The van der Waals surface area contributed by atoms with Crippen molar-refractivity contribution in [1.29, 1.82) is 0 Å². The quantitative estimate of drug-likeness (QED) is 0.860. The van der Waals surface area contributed by atoms with Crippen LogP contribution in [-0.2, 0) is 4.74 Å². The van der Waals surface area contributed by atoms with Gasteiger partial charge in [-0.15, -0.1) is 0 Å². The van der Waals surface area contributed by atoms with Crippen molar-refractivity contribution in [2.45, 2.75) is 25.8 Å². The highest BCUT2D eigenvalue weighted by molar-refractivity contribution is 5.67. The predicted molar refractivity (Wildman–Crippen MR) is 101 cm³/mol. The number of rotatable bonds is 3. The summed E-state index contributed by atoms with van der Waals surface area (Å²) in [7, 11) is 2.20. The predicted octanol–water partition coefficient (Wildman–Crippen LogP) is 2.96. The van der Waals surface area contributed by atoms with Crippen molar-refractivity contribution >= 4 is 5.69 Å². The number of anilines is 1. The van der Waals surface area contributed by atoms with E-state index >= 15 is 0 Å². The van der Waals surface area contributed by atoms with E-state index in [4.69, 9.17) is 9.84 Å². The lowest BCUT2D eigenvalue weighted by molar-refractivity contribution is 0.122. The number of ether oxygens (including phenoxy) is 1. The summed E-state index contributed by atoms with van der Waals surface area (Å²) in [6, 6.07) is 9.46. The van der Waals surface area contributed by atoms with Gasteiger partial charge in [0.2, 0.25) is 0 Å². The first-order chi connectivity index (χ1) is 12.2. The van der Waals surface area contributed by atoms with Crippen molar-refractivity contribution in [3.05, 3.63) is 36.2 Å². The number of nitrogens with zero attached hydrogens (tertiary/aromatic N) is 4. The van der Waals surface area contributed by atoms with Gasteiger partial charge in [-0.2, -0.15) is 5.10 Å². The minimum Gasteiger partial charge on any atom is -0.378 e. The molecule has 2 aromatic rings. The maximum Gasteiger partial charge on any atom is 0.0672 e. The van der Waals surface area contributed by atoms with E-state index in [2.05, 4.69) is 58.9 Å². The zero-order valence-corrected chi connectivity index (χ0v) is 15.3. The molecule has 1 aromatic heterocycles. The Morgan fingerprint density at radius 1 is 1.00 bits per heavy atom. The first kappa shape index (κ1) is 16.6. The fraction of sp³-hybridized carbons (Fsp3) is 0.550. The number of aromatic nitrogens is 2. The van der Waals surface area contributed by atoms with Gasteiger partial charge < -0.3 is 14.5 Å². The van der Waals surface area contributed by atoms with Crippen LogP contribution in [0, 0.1) is 6.92 Å². The maximum absolute atomic E-state index is 5.44. The van der Waals surface area contributed by atoms with E-state index in [9.17, 15) is 0 Å². The van der Waals surface area contributed by atoms with Crippen LogP contribution >= 0.6 is 0 Å². The van der Waals surface area contributed by atoms with Gasteiger partial charge in [0.15, 0.2) is 0 Å². The second kappa shape index (κ2) is 7.18. The molecule has 0 saturated carbocycles. The molecule has 4 rings (SSSR count). The minimum atomic E-state index is 0.538. The maximum atomic E-state index is 5.44. The van der Waals surface area contributed by atoms with E-state index in [0.29, 0.717) is 6.04 Å². The van der Waals surface area contributed by atoms with Gasteiger partial charge >= 0.3 is 0 Å². The summed E-state index contributed by atoms with van der Waals surface area (Å²) in [5.41, 5.74) is 4.92. The van der Waals surface area contributed by atoms with E-state index < -0.39 is 0 Å². The molecule has 0 spiro atoms. The molecule has 0 N–H and O–H groups in total. The summed E-state index contributed by atoms with van der Waals surface area (Å²) < 4.78 is 7.64. The zero-order chi connectivity index (χ0) is 17.2. The number of hydrogen-bond acceptors (Lipinski definition) is 4. The molecule has 2 saturated heterocycles. The van der Waals surface area contributed by atoms with Gasteiger partial charge in [-0.25, -0.2) is 0 Å². The molecule has 0 aliphatic carbocycles. The monoisotopic (exact) mass is 340 g/mol. The fourth-order valence-electron chi connectivity index (χ4n) is 3.88. The molecule has 0 radical (unpaired) electrons. The van der Waals surface area contributed by atoms with Crippen LogP contribution in [0.25, 0.3) is 11.1 Å². The molecule has 1 aromatic carbocycles. The number of piperidine rings is 1. The van der Waals surface area contributed by atoms with Crippen molar-refractivity contribution in [2.24, 2.45) is 0 Å². The molecule has 2 aliphatic heterocycles. The van der Waals surface area contributed by atoms with Crippen LogP contribution < -0.4 is 4.90 Å². The van der Waals surface area contributed by atoms with E-state index in [0.717, 1.165) is 45.1 Å². The summed E-state index contributed by atoms with van der Waals surface area (Å²) in [6.45, 7) is 8.05. The summed E-state index contributed by atoms with van der Waals surface area (Å²) in [5.74, 6) is 0. The summed E-state index contributed by atoms with van der Waals surface area (Å²) in [5, 5.41) is 4.82. The largest absolute Gasteiger partial charge is 0.378 e. The van der Waals surface area contributed by atoms with Crippen LogP contribution in [0.4, 0.5) is 5.69 Å². The third-order valence-electron chi connectivity index (χ3n) is 5.53. The number of hydrogen-bond donors (Lipinski definition) is 0. The van der Waals surface area contributed by atoms with Crippen molar-refractivity contribution in [3.63, 3.8) is 0 Å². The first-order valence-corrected chi connectivity index (χ1v) is 9.38. The number of likely N-dealkylation sites (tertiary alicyclic amines) is 1. The van der Waals surface area contributed by atoms with Gasteiger partial charge in [0.05, 0.1) is 24.9 Å². The lowest BCUT2D eigenvalue weighted by Crippen LogP contribution is -2.36. The van der Waals surface area contributed by atoms with Crippen molar-refractivity contribution in [3.8, 4) is 11.1 Å². The Balaban J connectivity index is 1.51. The Hall–Kier alpha value is -1.85. The molecule has 2 fully saturated rings. The highest BCUT2D eigenvalue weighted by Crippen LogP contribution is 2.29. The lowest BCUT2D eigenvalue weighted by atomic mass is 10.0. The standard InChI is InChI=1S/C20H28N4O/c1-16-20(15-24(21-16)19-7-9-22(2)10-8-19)17-3-5-18(6-4-17)23-11-13-25-14-12-23/h3-6,15,19H,7-14H2,1-2H3. The number of benzene rings is 1. The fourth-order valence-corrected chi connectivity index (χ4v) is 3.88. The van der Waals surface area contributed by atoms with E-state index in [-0.39, 0.29) is 0 Å². The summed E-state index contributed by atoms with van der Waals surface area (Å²) >= 11 is 0. The molecule has 0 amide bonds. The van der Waals surface area contributed by atoms with Crippen LogP contribution in [-0.4, -0.2) is 61.1 Å². The van der Waals surface area contributed by atoms with E-state index in [1.807, 2.05) is 0 Å². The molecule has 5 heteroatoms. The smallest absolute Gasteiger partial charge is 0.0672 e. The number of aryl methyl sites for hydroxylation is 1. The average Bonchev–Trinajstić information content (AvgIpc) is 3.05. The van der Waals surface area contributed by atoms with Gasteiger partial charge in [0.1, 0.15) is 0 Å². The minimum absolute atomic E-state index is 0.538. The topological polar surface area (TPSA) is 33.5 Å². The molecular formula is C20H28N4O. The van der Waals surface area contributed by atoms with Gasteiger partial charge in [0.25, 0.3) is 0 Å². The van der Waals surface area contributed by atoms with Crippen molar-refractivity contribution < 1.29 is 4.74 Å². The number of morpholine rings is 1. The van der Waals surface area contributed by atoms with E-state index in [1.54, 1.807) is 0 Å². The molecule has 3 heterocycles. The summed E-state index contributed by atoms with van der Waals surface area (Å²) in [4.78, 5) is 4.79. The molecule has 5 nitrogen and oxygen atoms in total.